The third-order valence-corrected chi connectivity index (χ3v) is 4.73. The SMILES string of the molecule is Cc1cccc(Cn2nnc(-c3cnn(-c4cc(C)cc(C)c4)c3S)n2)c1. The Labute approximate surface area is 163 Å². The van der Waals surface area contributed by atoms with Crippen molar-refractivity contribution in [1.82, 2.24) is 30.0 Å². The molecule has 0 aliphatic carbocycles. The van der Waals surface area contributed by atoms with Crippen LogP contribution in [-0.4, -0.2) is 30.0 Å². The first-order valence-electron chi connectivity index (χ1n) is 8.69. The number of thiol groups is 1. The quantitative estimate of drug-likeness (QED) is 0.551. The summed E-state index contributed by atoms with van der Waals surface area (Å²) in [7, 11) is 0. The zero-order chi connectivity index (χ0) is 19.0. The van der Waals surface area contributed by atoms with Crippen molar-refractivity contribution < 1.29 is 0 Å². The lowest BCUT2D eigenvalue weighted by Gasteiger charge is -2.07. The Morgan fingerprint density at radius 1 is 0.963 bits per heavy atom. The number of hydrogen-bond donors (Lipinski definition) is 1. The standard InChI is InChI=1S/C20H20N6S/c1-13-5-4-6-16(8-13)12-25-23-19(22-24-25)18-11-21-26(20(18)27)17-9-14(2)7-15(3)10-17/h4-11,27H,12H2,1-3H3. The van der Waals surface area contributed by atoms with Gasteiger partial charge in [0.25, 0.3) is 0 Å². The van der Waals surface area contributed by atoms with Gasteiger partial charge in [-0.1, -0.05) is 35.9 Å². The van der Waals surface area contributed by atoms with Crippen LogP contribution in [0.15, 0.2) is 53.7 Å². The van der Waals surface area contributed by atoms with Crippen molar-refractivity contribution in [3.05, 3.63) is 70.9 Å². The average molecular weight is 376 g/mol. The molecule has 0 N–H and O–H groups in total. The lowest BCUT2D eigenvalue weighted by molar-refractivity contribution is 0.572. The molecule has 2 aromatic heterocycles. The molecule has 0 spiro atoms. The Kier molecular flexibility index (Phi) is 4.53. The number of hydrogen-bond acceptors (Lipinski definition) is 5. The minimum absolute atomic E-state index is 0.517. The smallest absolute Gasteiger partial charge is 0.209 e. The van der Waals surface area contributed by atoms with Crippen LogP contribution >= 0.6 is 12.6 Å². The van der Waals surface area contributed by atoms with E-state index < -0.39 is 0 Å². The molecule has 0 saturated heterocycles. The van der Waals surface area contributed by atoms with Crippen LogP contribution < -0.4 is 0 Å². The van der Waals surface area contributed by atoms with Crippen molar-refractivity contribution in [2.75, 3.05) is 0 Å². The molecule has 4 rings (SSSR count). The van der Waals surface area contributed by atoms with Crippen molar-refractivity contribution in [2.24, 2.45) is 0 Å². The van der Waals surface area contributed by atoms with Gasteiger partial charge in [-0.25, -0.2) is 4.68 Å². The van der Waals surface area contributed by atoms with E-state index in [1.165, 1.54) is 16.7 Å². The molecule has 4 aromatic rings. The fourth-order valence-corrected chi connectivity index (χ4v) is 3.48. The van der Waals surface area contributed by atoms with Gasteiger partial charge >= 0.3 is 0 Å². The van der Waals surface area contributed by atoms with E-state index in [0.717, 1.165) is 16.8 Å². The van der Waals surface area contributed by atoms with Gasteiger partial charge in [0, 0.05) is 0 Å². The monoisotopic (exact) mass is 376 g/mol. The first-order valence-corrected chi connectivity index (χ1v) is 9.14. The van der Waals surface area contributed by atoms with Gasteiger partial charge in [0.05, 0.1) is 24.0 Å². The summed E-state index contributed by atoms with van der Waals surface area (Å²) in [4.78, 5) is 1.59. The van der Waals surface area contributed by atoms with Crippen LogP contribution in [0.3, 0.4) is 0 Å². The predicted molar refractivity (Wildman–Crippen MR) is 107 cm³/mol. The molecule has 2 aromatic carbocycles. The molecule has 0 saturated carbocycles. The lowest BCUT2D eigenvalue weighted by Crippen LogP contribution is -2.04. The first-order chi connectivity index (χ1) is 13.0. The van der Waals surface area contributed by atoms with Crippen LogP contribution in [0.1, 0.15) is 22.3 Å². The Morgan fingerprint density at radius 2 is 1.74 bits per heavy atom. The fourth-order valence-electron chi connectivity index (χ4n) is 3.15. The van der Waals surface area contributed by atoms with Crippen molar-refractivity contribution >= 4 is 12.6 Å². The van der Waals surface area contributed by atoms with Gasteiger partial charge in [-0.2, -0.15) is 9.90 Å². The van der Waals surface area contributed by atoms with Gasteiger partial charge in [0.1, 0.15) is 5.03 Å². The van der Waals surface area contributed by atoms with E-state index in [9.17, 15) is 0 Å². The Hall–Kier alpha value is -2.93. The van der Waals surface area contributed by atoms with Crippen LogP contribution in [0.25, 0.3) is 17.1 Å². The Bertz CT molecular complexity index is 1090. The fraction of sp³-hybridized carbons (Fsp3) is 0.200. The van der Waals surface area contributed by atoms with Gasteiger partial charge in [0.15, 0.2) is 0 Å². The topological polar surface area (TPSA) is 61.4 Å². The molecule has 0 unspecified atom stereocenters. The molecule has 0 aliphatic heterocycles. The molecular formula is C20H20N6S. The summed E-state index contributed by atoms with van der Waals surface area (Å²) in [5.41, 5.74) is 6.43. The molecule has 7 heteroatoms. The number of rotatable bonds is 4. The third-order valence-electron chi connectivity index (χ3n) is 4.30. The highest BCUT2D eigenvalue weighted by Crippen LogP contribution is 2.26. The van der Waals surface area contributed by atoms with Crippen molar-refractivity contribution in [2.45, 2.75) is 32.3 Å². The molecule has 0 amide bonds. The van der Waals surface area contributed by atoms with Gasteiger partial charge in [-0.3, -0.25) is 0 Å². The molecule has 0 radical (unpaired) electrons. The number of aromatic nitrogens is 6. The van der Waals surface area contributed by atoms with Crippen LogP contribution in [-0.2, 0) is 6.54 Å². The van der Waals surface area contributed by atoms with Crippen LogP contribution in [0, 0.1) is 20.8 Å². The molecule has 0 atom stereocenters. The van der Waals surface area contributed by atoms with E-state index in [1.54, 1.807) is 15.7 Å². The predicted octanol–water partition coefficient (Wildman–Crippen LogP) is 3.79. The summed E-state index contributed by atoms with van der Waals surface area (Å²) in [6, 6.07) is 14.5. The summed E-state index contributed by atoms with van der Waals surface area (Å²) in [5.74, 6) is 0.517. The van der Waals surface area contributed by atoms with E-state index in [2.05, 4.69) is 90.3 Å². The van der Waals surface area contributed by atoms with Crippen LogP contribution in [0.5, 0.6) is 0 Å². The van der Waals surface area contributed by atoms with E-state index in [0.29, 0.717) is 17.4 Å². The van der Waals surface area contributed by atoms with Gasteiger partial charge in [0.2, 0.25) is 5.82 Å². The highest BCUT2D eigenvalue weighted by molar-refractivity contribution is 7.80. The minimum Gasteiger partial charge on any atom is -0.227 e. The largest absolute Gasteiger partial charge is 0.227 e. The highest BCUT2D eigenvalue weighted by atomic mass is 32.1. The maximum Gasteiger partial charge on any atom is 0.209 e. The van der Waals surface area contributed by atoms with Crippen LogP contribution in [0.2, 0.25) is 0 Å². The number of tetrazole rings is 1. The van der Waals surface area contributed by atoms with Crippen molar-refractivity contribution in [1.29, 1.82) is 0 Å². The Morgan fingerprint density at radius 3 is 2.48 bits per heavy atom. The summed E-state index contributed by atoms with van der Waals surface area (Å²) < 4.78 is 1.79. The van der Waals surface area contributed by atoms with E-state index in [-0.39, 0.29) is 0 Å². The summed E-state index contributed by atoms with van der Waals surface area (Å²) in [6.45, 7) is 6.77. The molecule has 0 aliphatic rings. The van der Waals surface area contributed by atoms with E-state index in [4.69, 9.17) is 0 Å². The molecule has 0 fully saturated rings. The molecule has 136 valence electrons. The molecule has 0 bridgehead atoms. The normalized spacial score (nSPS) is 11.1. The third kappa shape index (κ3) is 3.64. The van der Waals surface area contributed by atoms with Crippen LogP contribution in [0.4, 0.5) is 0 Å². The molecule has 6 nitrogen and oxygen atoms in total. The lowest BCUT2D eigenvalue weighted by atomic mass is 10.1. The number of nitrogens with zero attached hydrogens (tertiary/aromatic N) is 6. The summed E-state index contributed by atoms with van der Waals surface area (Å²) in [6.07, 6.45) is 1.73. The van der Waals surface area contributed by atoms with Gasteiger partial charge in [-0.15, -0.1) is 22.8 Å². The molecule has 27 heavy (non-hydrogen) atoms. The molecule has 2 heterocycles. The zero-order valence-corrected chi connectivity index (χ0v) is 16.4. The minimum atomic E-state index is 0.517. The highest BCUT2D eigenvalue weighted by Gasteiger charge is 2.16. The summed E-state index contributed by atoms with van der Waals surface area (Å²) >= 11 is 4.66. The zero-order valence-electron chi connectivity index (χ0n) is 15.5. The van der Waals surface area contributed by atoms with E-state index >= 15 is 0 Å². The van der Waals surface area contributed by atoms with E-state index in [1.807, 2.05) is 6.07 Å². The van der Waals surface area contributed by atoms with Gasteiger partial charge < -0.3 is 0 Å². The second kappa shape index (κ2) is 7.00. The van der Waals surface area contributed by atoms with Gasteiger partial charge in [-0.05, 0) is 54.8 Å². The number of aryl methyl sites for hydroxylation is 3. The first kappa shape index (κ1) is 17.5. The second-order valence-corrected chi connectivity index (χ2v) is 7.20. The average Bonchev–Trinajstić information content (AvgIpc) is 3.20. The number of benzene rings is 2. The van der Waals surface area contributed by atoms with Crippen molar-refractivity contribution in [3.8, 4) is 17.1 Å². The second-order valence-electron chi connectivity index (χ2n) is 6.77. The summed E-state index contributed by atoms with van der Waals surface area (Å²) in [5, 5.41) is 18.0. The maximum atomic E-state index is 4.66. The maximum absolute atomic E-state index is 4.66. The molecular weight excluding hydrogens is 356 g/mol. The van der Waals surface area contributed by atoms with Crippen molar-refractivity contribution in [3.63, 3.8) is 0 Å². The Balaban J connectivity index is 1.63.